The van der Waals surface area contributed by atoms with Crippen LogP contribution in [0.2, 0.25) is 0 Å². The van der Waals surface area contributed by atoms with Gasteiger partial charge in [-0.15, -0.1) is 10.2 Å². The maximum Gasteiger partial charge on any atom is 0.387 e. The third-order valence-corrected chi connectivity index (χ3v) is 5.21. The van der Waals surface area contributed by atoms with Crippen molar-refractivity contribution in [2.45, 2.75) is 25.2 Å². The van der Waals surface area contributed by atoms with Crippen LogP contribution in [0.4, 0.5) is 8.78 Å². The molecule has 2 N–H and O–H groups in total. The summed E-state index contributed by atoms with van der Waals surface area (Å²) >= 11 is 1.19. The topological polar surface area (TPSA) is 86.3 Å². The third-order valence-electron chi connectivity index (χ3n) is 4.28. The Morgan fingerprint density at radius 3 is 2.50 bits per heavy atom. The number of nitrogens with zero attached hydrogens (tertiary/aromatic N) is 4. The van der Waals surface area contributed by atoms with Crippen molar-refractivity contribution >= 4 is 17.7 Å². The number of halogens is 2. The number of hydrogen-bond donors (Lipinski definition) is 1. The molecule has 0 spiro atoms. The van der Waals surface area contributed by atoms with E-state index in [4.69, 9.17) is 5.84 Å². The van der Waals surface area contributed by atoms with Gasteiger partial charge in [0.1, 0.15) is 5.75 Å². The number of alkyl halides is 2. The normalized spacial score (nSPS) is 10.9. The lowest BCUT2D eigenvalue weighted by molar-refractivity contribution is -0.128. The van der Waals surface area contributed by atoms with Crippen molar-refractivity contribution in [3.05, 3.63) is 60.2 Å². The van der Waals surface area contributed by atoms with E-state index >= 15 is 0 Å². The number of carbonyl (C=O) groups excluding carboxylic acids is 1. The van der Waals surface area contributed by atoms with Crippen molar-refractivity contribution in [3.8, 4) is 17.1 Å². The fourth-order valence-electron chi connectivity index (χ4n) is 2.76. The van der Waals surface area contributed by atoms with E-state index in [-0.39, 0.29) is 17.4 Å². The lowest BCUT2D eigenvalue weighted by Crippen LogP contribution is -2.31. The van der Waals surface area contributed by atoms with Gasteiger partial charge < -0.3 is 15.5 Å². The number of aromatic nitrogens is 3. The Morgan fingerprint density at radius 2 is 1.87 bits per heavy atom. The minimum absolute atomic E-state index is 0.0371. The van der Waals surface area contributed by atoms with Gasteiger partial charge in [-0.25, -0.2) is 4.68 Å². The molecule has 0 aliphatic carbocycles. The molecule has 1 heterocycles. The van der Waals surface area contributed by atoms with Crippen molar-refractivity contribution in [3.63, 3.8) is 0 Å². The number of carbonyl (C=O) groups is 1. The number of hydrogen-bond acceptors (Lipinski definition) is 6. The second kappa shape index (κ2) is 10.1. The van der Waals surface area contributed by atoms with Gasteiger partial charge in [-0.1, -0.05) is 42.1 Å². The summed E-state index contributed by atoms with van der Waals surface area (Å²) in [5.41, 5.74) is 1.64. The van der Waals surface area contributed by atoms with E-state index in [2.05, 4.69) is 14.9 Å². The van der Waals surface area contributed by atoms with Crippen LogP contribution in [-0.4, -0.2) is 44.6 Å². The Labute approximate surface area is 176 Å². The van der Waals surface area contributed by atoms with Gasteiger partial charge in [0.25, 0.3) is 0 Å². The Kier molecular flexibility index (Phi) is 7.23. The van der Waals surface area contributed by atoms with E-state index < -0.39 is 6.61 Å². The van der Waals surface area contributed by atoms with Crippen LogP contribution < -0.4 is 10.6 Å². The van der Waals surface area contributed by atoms with Gasteiger partial charge in [0.15, 0.2) is 5.82 Å². The summed E-state index contributed by atoms with van der Waals surface area (Å²) < 4.78 is 30.1. The molecule has 30 heavy (non-hydrogen) atoms. The van der Waals surface area contributed by atoms with E-state index in [0.717, 1.165) is 5.56 Å². The predicted molar refractivity (Wildman–Crippen MR) is 110 cm³/mol. The van der Waals surface area contributed by atoms with Gasteiger partial charge in [0, 0.05) is 18.7 Å². The first kappa shape index (κ1) is 21.6. The van der Waals surface area contributed by atoms with E-state index in [1.165, 1.54) is 28.6 Å². The van der Waals surface area contributed by atoms with Gasteiger partial charge in [-0.05, 0) is 36.8 Å². The minimum atomic E-state index is -2.89. The molecule has 1 amide bonds. The quantitative estimate of drug-likeness (QED) is 0.411. The Balaban J connectivity index is 1.62. The summed E-state index contributed by atoms with van der Waals surface area (Å²) in [5, 5.41) is 8.45. The molecule has 3 rings (SSSR count). The summed E-state index contributed by atoms with van der Waals surface area (Å²) in [4.78, 5) is 14.3. The van der Waals surface area contributed by atoms with E-state index in [1.54, 1.807) is 17.0 Å². The molecule has 0 fully saturated rings. The predicted octanol–water partition coefficient (Wildman–Crippen LogP) is 3.40. The highest BCUT2D eigenvalue weighted by Crippen LogP contribution is 2.24. The van der Waals surface area contributed by atoms with Crippen molar-refractivity contribution in [2.75, 3.05) is 18.1 Å². The lowest BCUT2D eigenvalue weighted by Gasteiger charge is -2.20. The highest BCUT2D eigenvalue weighted by molar-refractivity contribution is 7.99. The molecule has 0 atom stereocenters. The molecular weight excluding hydrogens is 412 g/mol. The summed E-state index contributed by atoms with van der Waals surface area (Å²) in [5.74, 6) is 6.58. The Hall–Kier alpha value is -3.14. The molecule has 0 unspecified atom stereocenters. The van der Waals surface area contributed by atoms with Gasteiger partial charge in [-0.2, -0.15) is 8.78 Å². The molecule has 3 aromatic rings. The van der Waals surface area contributed by atoms with Crippen LogP contribution in [-0.2, 0) is 11.3 Å². The maximum atomic E-state index is 12.6. The fraction of sp³-hybridized carbons (Fsp3) is 0.250. The highest BCUT2D eigenvalue weighted by Gasteiger charge is 2.17. The molecular formula is C20H21F2N5O2S. The number of rotatable bonds is 9. The van der Waals surface area contributed by atoms with Crippen LogP contribution in [0.5, 0.6) is 5.75 Å². The molecule has 0 aliphatic heterocycles. The molecule has 0 saturated heterocycles. The van der Waals surface area contributed by atoms with Crippen LogP contribution in [0.1, 0.15) is 12.5 Å². The number of ether oxygens (including phenoxy) is 1. The zero-order chi connectivity index (χ0) is 21.5. The zero-order valence-corrected chi connectivity index (χ0v) is 17.1. The molecule has 0 radical (unpaired) electrons. The molecule has 158 valence electrons. The van der Waals surface area contributed by atoms with Crippen LogP contribution >= 0.6 is 11.8 Å². The molecule has 0 saturated carbocycles. The SMILES string of the molecule is CCN(Cc1ccccc1)C(=O)CSc1nnc(-c2ccc(OC(F)F)cc2)n1N. The highest BCUT2D eigenvalue weighted by atomic mass is 32.2. The van der Waals surface area contributed by atoms with E-state index in [9.17, 15) is 13.6 Å². The van der Waals surface area contributed by atoms with E-state index in [1.807, 2.05) is 37.3 Å². The lowest BCUT2D eigenvalue weighted by atomic mass is 10.2. The average Bonchev–Trinajstić information content (AvgIpc) is 3.11. The average molecular weight is 433 g/mol. The first-order chi connectivity index (χ1) is 14.5. The number of benzene rings is 2. The second-order valence-corrected chi connectivity index (χ2v) is 7.20. The second-order valence-electron chi connectivity index (χ2n) is 6.26. The molecule has 2 aromatic carbocycles. The van der Waals surface area contributed by atoms with Crippen molar-refractivity contribution < 1.29 is 18.3 Å². The van der Waals surface area contributed by atoms with Crippen molar-refractivity contribution in [2.24, 2.45) is 0 Å². The van der Waals surface area contributed by atoms with Crippen LogP contribution in [0.15, 0.2) is 59.8 Å². The Morgan fingerprint density at radius 1 is 1.17 bits per heavy atom. The number of thioether (sulfide) groups is 1. The summed E-state index contributed by atoms with van der Waals surface area (Å²) in [6, 6.07) is 15.7. The monoisotopic (exact) mass is 433 g/mol. The minimum Gasteiger partial charge on any atom is -0.435 e. The standard InChI is InChI=1S/C20H21F2N5O2S/c1-2-26(12-14-6-4-3-5-7-14)17(28)13-30-20-25-24-18(27(20)23)15-8-10-16(11-9-15)29-19(21)22/h3-11,19H,2,12-13,23H2,1H3. The van der Waals surface area contributed by atoms with Gasteiger partial charge in [0.05, 0.1) is 5.75 Å². The maximum absolute atomic E-state index is 12.6. The summed E-state index contributed by atoms with van der Waals surface area (Å²) in [6.45, 7) is 0.155. The molecule has 1 aromatic heterocycles. The fourth-order valence-corrected chi connectivity index (χ4v) is 3.51. The van der Waals surface area contributed by atoms with Crippen LogP contribution in [0.3, 0.4) is 0 Å². The van der Waals surface area contributed by atoms with Crippen LogP contribution in [0.25, 0.3) is 11.4 Å². The number of amides is 1. The van der Waals surface area contributed by atoms with E-state index in [0.29, 0.717) is 29.6 Å². The first-order valence-electron chi connectivity index (χ1n) is 9.18. The van der Waals surface area contributed by atoms with Crippen molar-refractivity contribution in [1.29, 1.82) is 0 Å². The Bertz CT molecular complexity index is 967. The molecule has 10 heteroatoms. The third kappa shape index (κ3) is 5.47. The van der Waals surface area contributed by atoms with Gasteiger partial charge >= 0.3 is 6.61 Å². The van der Waals surface area contributed by atoms with Gasteiger partial charge in [-0.3, -0.25) is 4.79 Å². The first-order valence-corrected chi connectivity index (χ1v) is 10.2. The number of nitrogen functional groups attached to an aromatic ring is 1. The van der Waals surface area contributed by atoms with Crippen LogP contribution in [0, 0.1) is 0 Å². The molecule has 0 aliphatic rings. The molecule has 0 bridgehead atoms. The summed E-state index contributed by atoms with van der Waals surface area (Å²) in [6.07, 6.45) is 0. The molecule has 7 nitrogen and oxygen atoms in total. The summed E-state index contributed by atoms with van der Waals surface area (Å²) in [7, 11) is 0. The number of nitrogens with two attached hydrogens (primary N) is 1. The zero-order valence-electron chi connectivity index (χ0n) is 16.2. The van der Waals surface area contributed by atoms with Gasteiger partial charge in [0.2, 0.25) is 11.1 Å². The van der Waals surface area contributed by atoms with Crippen molar-refractivity contribution in [1.82, 2.24) is 19.8 Å². The smallest absolute Gasteiger partial charge is 0.387 e. The largest absolute Gasteiger partial charge is 0.435 e.